The number of ether oxygens (including phenoxy) is 1. The van der Waals surface area contributed by atoms with E-state index in [-0.39, 0.29) is 12.5 Å². The number of nitrogens with two attached hydrogens (primary N) is 1. The summed E-state index contributed by atoms with van der Waals surface area (Å²) < 4.78 is 5.48. The molecule has 0 unspecified atom stereocenters. The quantitative estimate of drug-likeness (QED) is 0.938. The molecular formula is C15H17N3O2S. The van der Waals surface area contributed by atoms with Gasteiger partial charge in [0, 0.05) is 23.9 Å². The van der Waals surface area contributed by atoms with E-state index in [1.807, 2.05) is 30.5 Å². The van der Waals surface area contributed by atoms with Crippen LogP contribution in [-0.4, -0.2) is 30.6 Å². The largest absolute Gasteiger partial charge is 0.482 e. The van der Waals surface area contributed by atoms with Crippen LogP contribution >= 0.6 is 11.3 Å². The van der Waals surface area contributed by atoms with Gasteiger partial charge in [0.05, 0.1) is 16.4 Å². The first-order valence-corrected chi connectivity index (χ1v) is 7.83. The number of nitrogens with zero attached hydrogens (tertiary/aromatic N) is 2. The monoisotopic (exact) mass is 303 g/mol. The van der Waals surface area contributed by atoms with Gasteiger partial charge in [0.1, 0.15) is 5.75 Å². The van der Waals surface area contributed by atoms with Crippen molar-refractivity contribution in [3.63, 3.8) is 0 Å². The Balaban J connectivity index is 1.97. The lowest BCUT2D eigenvalue weighted by atomic mass is 10.1. The van der Waals surface area contributed by atoms with Crippen LogP contribution in [0.4, 0.5) is 5.69 Å². The molecule has 1 amide bonds. The molecular weight excluding hydrogens is 286 g/mol. The number of thiazole rings is 1. The van der Waals surface area contributed by atoms with E-state index in [4.69, 9.17) is 10.5 Å². The zero-order valence-corrected chi connectivity index (χ0v) is 12.7. The number of aromatic nitrogens is 1. The van der Waals surface area contributed by atoms with E-state index in [2.05, 4.69) is 4.98 Å². The molecule has 1 aliphatic heterocycles. The maximum atomic E-state index is 11.9. The summed E-state index contributed by atoms with van der Waals surface area (Å²) in [5.41, 5.74) is 8.28. The highest BCUT2D eigenvalue weighted by Crippen LogP contribution is 2.36. The standard InChI is InChI=1S/C15H17N3O2S/c1-2-18-12-7-10(3-4-13(12)20-8-15(18)19)11-9-21-14(17-11)5-6-16/h3-4,7,9H,2,5-6,8,16H2,1H3. The van der Waals surface area contributed by atoms with Gasteiger partial charge in [0.25, 0.3) is 5.91 Å². The molecule has 1 aromatic carbocycles. The Labute approximate surface area is 127 Å². The summed E-state index contributed by atoms with van der Waals surface area (Å²) >= 11 is 1.61. The third kappa shape index (κ3) is 2.64. The molecule has 21 heavy (non-hydrogen) atoms. The van der Waals surface area contributed by atoms with Gasteiger partial charge in [-0.2, -0.15) is 0 Å². The van der Waals surface area contributed by atoms with Crippen molar-refractivity contribution in [1.29, 1.82) is 0 Å². The fourth-order valence-electron chi connectivity index (χ4n) is 2.39. The first kappa shape index (κ1) is 14.0. The van der Waals surface area contributed by atoms with Crippen LogP contribution in [0.2, 0.25) is 0 Å². The van der Waals surface area contributed by atoms with Crippen molar-refractivity contribution >= 4 is 22.9 Å². The van der Waals surface area contributed by atoms with E-state index in [0.29, 0.717) is 13.1 Å². The van der Waals surface area contributed by atoms with Crippen molar-refractivity contribution in [2.45, 2.75) is 13.3 Å². The molecule has 0 atom stereocenters. The minimum atomic E-state index is -0.00996. The maximum absolute atomic E-state index is 11.9. The van der Waals surface area contributed by atoms with E-state index in [1.165, 1.54) is 0 Å². The number of carbonyl (C=O) groups excluding carboxylic acids is 1. The first-order chi connectivity index (χ1) is 10.2. The van der Waals surface area contributed by atoms with Gasteiger partial charge in [-0.3, -0.25) is 4.79 Å². The lowest BCUT2D eigenvalue weighted by molar-refractivity contribution is -0.121. The molecule has 2 heterocycles. The average molecular weight is 303 g/mol. The van der Waals surface area contributed by atoms with Crippen LogP contribution in [0.3, 0.4) is 0 Å². The number of carbonyl (C=O) groups is 1. The topological polar surface area (TPSA) is 68.5 Å². The van der Waals surface area contributed by atoms with Crippen molar-refractivity contribution < 1.29 is 9.53 Å². The molecule has 0 fully saturated rings. The van der Waals surface area contributed by atoms with Gasteiger partial charge < -0.3 is 15.4 Å². The zero-order chi connectivity index (χ0) is 14.8. The molecule has 1 aliphatic rings. The Kier molecular flexibility index (Phi) is 3.90. The second-order valence-corrected chi connectivity index (χ2v) is 5.72. The Morgan fingerprint density at radius 2 is 2.33 bits per heavy atom. The molecule has 0 saturated heterocycles. The number of benzene rings is 1. The lowest BCUT2D eigenvalue weighted by Crippen LogP contribution is -2.38. The predicted octanol–water partition coefficient (Wildman–Crippen LogP) is 2.06. The van der Waals surface area contributed by atoms with Crippen molar-refractivity contribution in [2.75, 3.05) is 24.6 Å². The number of anilines is 1. The minimum absolute atomic E-state index is 0.00996. The summed E-state index contributed by atoms with van der Waals surface area (Å²) in [6.45, 7) is 3.30. The van der Waals surface area contributed by atoms with Gasteiger partial charge in [0.2, 0.25) is 0 Å². The second-order valence-electron chi connectivity index (χ2n) is 4.77. The summed E-state index contributed by atoms with van der Waals surface area (Å²) in [4.78, 5) is 18.2. The number of amides is 1. The van der Waals surface area contributed by atoms with Gasteiger partial charge in [-0.25, -0.2) is 4.98 Å². The molecule has 1 aromatic heterocycles. The normalized spacial score (nSPS) is 14.0. The Hall–Kier alpha value is -1.92. The van der Waals surface area contributed by atoms with Crippen LogP contribution in [0.25, 0.3) is 11.3 Å². The van der Waals surface area contributed by atoms with Gasteiger partial charge in [0.15, 0.2) is 6.61 Å². The van der Waals surface area contributed by atoms with E-state index in [9.17, 15) is 4.79 Å². The molecule has 2 N–H and O–H groups in total. The molecule has 0 radical (unpaired) electrons. The fourth-order valence-corrected chi connectivity index (χ4v) is 3.21. The molecule has 0 spiro atoms. The van der Waals surface area contributed by atoms with E-state index >= 15 is 0 Å². The van der Waals surface area contributed by atoms with Crippen LogP contribution < -0.4 is 15.4 Å². The minimum Gasteiger partial charge on any atom is -0.482 e. The highest BCUT2D eigenvalue weighted by atomic mass is 32.1. The van der Waals surface area contributed by atoms with Crippen molar-refractivity contribution in [1.82, 2.24) is 4.98 Å². The summed E-state index contributed by atoms with van der Waals surface area (Å²) in [5.74, 6) is 0.738. The molecule has 5 nitrogen and oxygen atoms in total. The summed E-state index contributed by atoms with van der Waals surface area (Å²) in [6, 6.07) is 5.85. The molecule has 3 rings (SSSR count). The summed E-state index contributed by atoms with van der Waals surface area (Å²) in [5, 5.41) is 3.05. The number of fused-ring (bicyclic) bond motifs is 1. The summed E-state index contributed by atoms with van der Waals surface area (Å²) in [6.07, 6.45) is 0.790. The van der Waals surface area contributed by atoms with Gasteiger partial charge >= 0.3 is 0 Å². The highest BCUT2D eigenvalue weighted by Gasteiger charge is 2.24. The molecule has 2 aromatic rings. The van der Waals surface area contributed by atoms with Crippen molar-refractivity contribution in [2.24, 2.45) is 5.73 Å². The predicted molar refractivity (Wildman–Crippen MR) is 83.8 cm³/mol. The Morgan fingerprint density at radius 3 is 3.10 bits per heavy atom. The number of rotatable bonds is 4. The second kappa shape index (κ2) is 5.83. The number of likely N-dealkylation sites (N-methyl/N-ethyl adjacent to an activating group) is 1. The number of hydrogen-bond donors (Lipinski definition) is 1. The van der Waals surface area contributed by atoms with E-state index in [0.717, 1.165) is 34.1 Å². The molecule has 0 bridgehead atoms. The third-order valence-electron chi connectivity index (χ3n) is 3.42. The van der Waals surface area contributed by atoms with Gasteiger partial charge in [-0.15, -0.1) is 11.3 Å². The van der Waals surface area contributed by atoms with E-state index < -0.39 is 0 Å². The first-order valence-electron chi connectivity index (χ1n) is 6.95. The van der Waals surface area contributed by atoms with Crippen molar-refractivity contribution in [3.8, 4) is 17.0 Å². The SMILES string of the molecule is CCN1C(=O)COc2ccc(-c3csc(CCN)n3)cc21. The molecule has 0 aliphatic carbocycles. The lowest BCUT2D eigenvalue weighted by Gasteiger charge is -2.28. The van der Waals surface area contributed by atoms with E-state index in [1.54, 1.807) is 16.2 Å². The highest BCUT2D eigenvalue weighted by molar-refractivity contribution is 7.09. The third-order valence-corrected chi connectivity index (χ3v) is 4.33. The summed E-state index contributed by atoms with van der Waals surface area (Å²) in [7, 11) is 0. The fraction of sp³-hybridized carbons (Fsp3) is 0.333. The van der Waals surface area contributed by atoms with Crippen LogP contribution in [0.5, 0.6) is 5.75 Å². The molecule has 0 saturated carbocycles. The Morgan fingerprint density at radius 1 is 1.48 bits per heavy atom. The van der Waals surface area contributed by atoms with Gasteiger partial charge in [-0.05, 0) is 31.7 Å². The van der Waals surface area contributed by atoms with Crippen LogP contribution in [-0.2, 0) is 11.2 Å². The smallest absolute Gasteiger partial charge is 0.265 e. The number of hydrogen-bond acceptors (Lipinski definition) is 5. The van der Waals surface area contributed by atoms with Crippen LogP contribution in [0, 0.1) is 0 Å². The molecule has 110 valence electrons. The van der Waals surface area contributed by atoms with Crippen molar-refractivity contribution in [3.05, 3.63) is 28.6 Å². The van der Waals surface area contributed by atoms with Crippen LogP contribution in [0.15, 0.2) is 23.6 Å². The Bertz CT molecular complexity index is 669. The average Bonchev–Trinajstić information content (AvgIpc) is 2.96. The maximum Gasteiger partial charge on any atom is 0.265 e. The van der Waals surface area contributed by atoms with Gasteiger partial charge in [-0.1, -0.05) is 0 Å². The zero-order valence-electron chi connectivity index (χ0n) is 11.8. The molecule has 6 heteroatoms. The van der Waals surface area contributed by atoms with Crippen LogP contribution in [0.1, 0.15) is 11.9 Å².